The van der Waals surface area contributed by atoms with Gasteiger partial charge in [0, 0.05) is 12.8 Å². The molecule has 5 heteroatoms. The van der Waals surface area contributed by atoms with Crippen molar-refractivity contribution in [1.29, 1.82) is 0 Å². The second-order valence-corrected chi connectivity index (χ2v) is 22.4. The summed E-state index contributed by atoms with van der Waals surface area (Å²) in [6.45, 7) is 17.9. The number of benzene rings is 4. The van der Waals surface area contributed by atoms with E-state index in [9.17, 15) is 5.11 Å². The molecule has 0 heterocycles. The van der Waals surface area contributed by atoms with Gasteiger partial charge in [-0.25, -0.2) is 0 Å². The van der Waals surface area contributed by atoms with Gasteiger partial charge in [0.2, 0.25) is 0 Å². The van der Waals surface area contributed by atoms with E-state index in [0.29, 0.717) is 12.8 Å². The molecule has 4 aromatic rings. The summed E-state index contributed by atoms with van der Waals surface area (Å²) in [4.78, 5) is 0. The van der Waals surface area contributed by atoms with Crippen molar-refractivity contribution in [2.45, 2.75) is 76.7 Å². The zero-order valence-electron chi connectivity index (χ0n) is 28.4. The summed E-state index contributed by atoms with van der Waals surface area (Å²) in [6, 6.07) is 42.8. The van der Waals surface area contributed by atoms with Gasteiger partial charge in [-0.3, -0.25) is 0 Å². The van der Waals surface area contributed by atoms with Crippen LogP contribution in [0.2, 0.25) is 10.1 Å². The topological polar surface area (TPSA) is 38.7 Å². The van der Waals surface area contributed by atoms with E-state index in [4.69, 9.17) is 8.85 Å². The highest BCUT2D eigenvalue weighted by atomic mass is 28.4. The third-order valence-corrected chi connectivity index (χ3v) is 19.0. The number of aliphatic hydroxyl groups is 1. The van der Waals surface area contributed by atoms with E-state index in [0.717, 1.165) is 0 Å². The molecular formula is C41H50O3Si2. The number of aliphatic hydroxyl groups excluding tert-OH is 1. The van der Waals surface area contributed by atoms with Crippen molar-refractivity contribution in [3.05, 3.63) is 134 Å². The SMILES string of the molecule is C=C[C@H](C[C@@H](CC#CCO)O[Si](c1ccccc1)(c1ccccc1)C(C)(C)C)O[Si](c1ccccc1)(c1ccccc1)C(C)(C)C. The van der Waals surface area contributed by atoms with E-state index >= 15 is 0 Å². The first kappa shape index (κ1) is 35.3. The first-order valence-electron chi connectivity index (χ1n) is 16.3. The Kier molecular flexibility index (Phi) is 11.8. The minimum absolute atomic E-state index is 0.179. The molecule has 46 heavy (non-hydrogen) atoms. The smallest absolute Gasteiger partial charge is 0.261 e. The molecule has 1 N–H and O–H groups in total. The summed E-state index contributed by atoms with van der Waals surface area (Å²) < 4.78 is 15.1. The Morgan fingerprint density at radius 2 is 0.957 bits per heavy atom. The Morgan fingerprint density at radius 3 is 1.26 bits per heavy atom. The Hall–Kier alpha value is -3.51. The van der Waals surface area contributed by atoms with E-state index in [-0.39, 0.29) is 28.9 Å². The molecule has 0 saturated carbocycles. The average molecular weight is 647 g/mol. The molecule has 0 unspecified atom stereocenters. The van der Waals surface area contributed by atoms with Crippen LogP contribution in [0.15, 0.2) is 134 Å². The van der Waals surface area contributed by atoms with Crippen molar-refractivity contribution >= 4 is 37.4 Å². The highest BCUT2D eigenvalue weighted by Crippen LogP contribution is 2.40. The zero-order valence-corrected chi connectivity index (χ0v) is 30.4. The number of rotatable bonds is 12. The van der Waals surface area contributed by atoms with Gasteiger partial charge in [0.05, 0.1) is 12.2 Å². The predicted molar refractivity (Wildman–Crippen MR) is 199 cm³/mol. The Labute approximate surface area is 279 Å². The monoisotopic (exact) mass is 646 g/mol. The molecule has 0 fully saturated rings. The quantitative estimate of drug-likeness (QED) is 0.104. The zero-order chi connectivity index (χ0) is 33.3. The predicted octanol–water partition coefficient (Wildman–Crippen LogP) is 6.84. The molecular weight excluding hydrogens is 597 g/mol. The van der Waals surface area contributed by atoms with E-state index < -0.39 is 16.6 Å². The lowest BCUT2D eigenvalue weighted by molar-refractivity contribution is 0.123. The minimum atomic E-state index is -2.88. The molecule has 0 radical (unpaired) electrons. The van der Waals surface area contributed by atoms with Gasteiger partial charge in [0.25, 0.3) is 16.6 Å². The number of hydrogen-bond donors (Lipinski definition) is 1. The van der Waals surface area contributed by atoms with Crippen LogP contribution in [0.4, 0.5) is 0 Å². The maximum Gasteiger partial charge on any atom is 0.261 e. The first-order valence-corrected chi connectivity index (χ1v) is 20.1. The van der Waals surface area contributed by atoms with Gasteiger partial charge < -0.3 is 14.0 Å². The average Bonchev–Trinajstić information content (AvgIpc) is 3.05. The highest BCUT2D eigenvalue weighted by Gasteiger charge is 2.53. The molecule has 4 aromatic carbocycles. The lowest BCUT2D eigenvalue weighted by Crippen LogP contribution is -2.68. The van der Waals surface area contributed by atoms with Crippen molar-refractivity contribution < 1.29 is 14.0 Å². The fourth-order valence-corrected chi connectivity index (χ4v) is 16.1. The van der Waals surface area contributed by atoms with E-state index in [1.807, 2.05) is 6.08 Å². The third-order valence-electron chi connectivity index (χ3n) is 8.80. The fraction of sp³-hybridized carbons (Fsp3) is 0.317. The molecule has 0 aliphatic carbocycles. The van der Waals surface area contributed by atoms with Gasteiger partial charge in [0.1, 0.15) is 6.61 Å². The molecule has 4 rings (SSSR count). The molecule has 0 aliphatic heterocycles. The van der Waals surface area contributed by atoms with Crippen LogP contribution < -0.4 is 20.7 Å². The molecule has 0 aliphatic rings. The summed E-state index contributed by atoms with van der Waals surface area (Å²) >= 11 is 0. The van der Waals surface area contributed by atoms with Crippen LogP contribution in [0, 0.1) is 11.8 Å². The van der Waals surface area contributed by atoms with Gasteiger partial charge in [-0.1, -0.05) is 181 Å². The van der Waals surface area contributed by atoms with Crippen molar-refractivity contribution in [2.75, 3.05) is 6.61 Å². The van der Waals surface area contributed by atoms with Gasteiger partial charge in [-0.2, -0.15) is 0 Å². The van der Waals surface area contributed by atoms with E-state index in [1.54, 1.807) is 0 Å². The summed E-state index contributed by atoms with van der Waals surface area (Å²) in [5, 5.41) is 14.1. The Bertz CT molecular complexity index is 1490. The van der Waals surface area contributed by atoms with Crippen LogP contribution in [0.25, 0.3) is 0 Å². The molecule has 240 valence electrons. The van der Waals surface area contributed by atoms with E-state index in [1.165, 1.54) is 20.7 Å². The highest BCUT2D eigenvalue weighted by molar-refractivity contribution is 7.00. The summed E-state index contributed by atoms with van der Waals surface area (Å²) in [6.07, 6.45) is 2.43. The Balaban J connectivity index is 1.85. The van der Waals surface area contributed by atoms with Crippen LogP contribution >= 0.6 is 0 Å². The van der Waals surface area contributed by atoms with Crippen LogP contribution in [-0.4, -0.2) is 40.6 Å². The fourth-order valence-electron chi connectivity index (χ4n) is 6.73. The molecule has 0 spiro atoms. The van der Waals surface area contributed by atoms with Gasteiger partial charge in [0.15, 0.2) is 0 Å². The van der Waals surface area contributed by atoms with Crippen molar-refractivity contribution in [3.8, 4) is 11.8 Å². The first-order chi connectivity index (χ1) is 22.0. The molecule has 0 saturated heterocycles. The Morgan fingerprint density at radius 1 is 0.609 bits per heavy atom. The maximum absolute atomic E-state index is 9.58. The van der Waals surface area contributed by atoms with Crippen LogP contribution in [0.3, 0.4) is 0 Å². The van der Waals surface area contributed by atoms with Crippen molar-refractivity contribution in [3.63, 3.8) is 0 Å². The lowest BCUT2D eigenvalue weighted by Gasteiger charge is -2.47. The van der Waals surface area contributed by atoms with Crippen LogP contribution in [0.1, 0.15) is 54.4 Å². The second-order valence-electron chi connectivity index (χ2n) is 13.9. The summed E-state index contributed by atoms with van der Waals surface area (Å²) in [5.74, 6) is 6.10. The van der Waals surface area contributed by atoms with Crippen molar-refractivity contribution in [1.82, 2.24) is 0 Å². The minimum Gasteiger partial charge on any atom is -0.403 e. The molecule has 2 atom stereocenters. The summed E-state index contributed by atoms with van der Waals surface area (Å²) in [5.41, 5.74) is 0. The van der Waals surface area contributed by atoms with Gasteiger partial charge in [-0.15, -0.1) is 6.58 Å². The van der Waals surface area contributed by atoms with E-state index in [2.05, 4.69) is 181 Å². The normalized spacial score (nSPS) is 13.7. The molecule has 3 nitrogen and oxygen atoms in total. The third kappa shape index (κ3) is 7.55. The van der Waals surface area contributed by atoms with Crippen molar-refractivity contribution in [2.24, 2.45) is 0 Å². The molecule has 0 amide bonds. The molecule has 0 aromatic heterocycles. The summed E-state index contributed by atoms with van der Waals surface area (Å²) in [7, 11) is -5.74. The van der Waals surface area contributed by atoms with Gasteiger partial charge >= 0.3 is 0 Å². The van der Waals surface area contributed by atoms with Crippen LogP contribution in [0.5, 0.6) is 0 Å². The van der Waals surface area contributed by atoms with Crippen LogP contribution in [-0.2, 0) is 8.85 Å². The maximum atomic E-state index is 9.58. The second kappa shape index (κ2) is 15.4. The largest absolute Gasteiger partial charge is 0.403 e. The number of hydrogen-bond acceptors (Lipinski definition) is 3. The van der Waals surface area contributed by atoms with Gasteiger partial charge in [-0.05, 0) is 30.8 Å². The standard InChI is InChI=1S/C41H50O3Si2/c1-8-34(43-45(40(2,3)4,36-24-13-9-14-25-36)37-26-15-10-16-27-37)33-35(23-21-22-32-42)44-46(41(5,6)7,38-28-17-11-18-29-38)39-30-19-12-20-31-39/h8-20,24-31,34-35,42H,1,23,32-33H2,2-7H3/t34-,35-/m1/s1. The lowest BCUT2D eigenvalue weighted by atomic mass is 10.1. The molecule has 0 bridgehead atoms.